The van der Waals surface area contributed by atoms with E-state index in [1.54, 1.807) is 11.1 Å². The molecule has 20 heavy (non-hydrogen) atoms. The molecule has 0 bridgehead atoms. The molecule has 3 aliphatic rings. The Hall–Kier alpha value is -0.820. The molecule has 0 unspecified atom stereocenters. The minimum absolute atomic E-state index is 0.547. The van der Waals surface area contributed by atoms with Crippen molar-refractivity contribution in [3.05, 3.63) is 35.4 Å². The lowest BCUT2D eigenvalue weighted by Crippen LogP contribution is -2.42. The summed E-state index contributed by atoms with van der Waals surface area (Å²) in [6.45, 7) is 2.74. The van der Waals surface area contributed by atoms with Gasteiger partial charge in [0.1, 0.15) is 0 Å². The van der Waals surface area contributed by atoms with Crippen molar-refractivity contribution in [3.63, 3.8) is 0 Å². The topological polar surface area (TPSA) is 3.24 Å². The van der Waals surface area contributed by atoms with Gasteiger partial charge < -0.3 is 4.90 Å². The van der Waals surface area contributed by atoms with Gasteiger partial charge in [0.15, 0.2) is 0 Å². The molecule has 1 saturated heterocycles. The summed E-state index contributed by atoms with van der Waals surface area (Å²) in [6.07, 6.45) is 12.8. The van der Waals surface area contributed by atoms with Crippen molar-refractivity contribution in [3.8, 4) is 0 Å². The summed E-state index contributed by atoms with van der Waals surface area (Å²) in [5, 5.41) is 0. The van der Waals surface area contributed by atoms with Crippen LogP contribution in [0.15, 0.2) is 24.3 Å². The van der Waals surface area contributed by atoms with Crippen molar-refractivity contribution >= 4 is 0 Å². The summed E-state index contributed by atoms with van der Waals surface area (Å²) in [7, 11) is 0. The Labute approximate surface area is 123 Å². The zero-order chi connectivity index (χ0) is 13.4. The highest BCUT2D eigenvalue weighted by atomic mass is 15.2. The largest absolute Gasteiger partial charge is 0.300 e. The maximum atomic E-state index is 2.78. The van der Waals surface area contributed by atoms with Crippen LogP contribution in [-0.2, 0) is 11.8 Å². The van der Waals surface area contributed by atoms with Gasteiger partial charge in [-0.15, -0.1) is 0 Å². The zero-order valence-electron chi connectivity index (χ0n) is 12.6. The number of likely N-dealkylation sites (tertiary alicyclic amines) is 1. The van der Waals surface area contributed by atoms with Crippen LogP contribution in [0.5, 0.6) is 0 Å². The predicted octanol–water partition coefficient (Wildman–Crippen LogP) is 4.30. The Bertz CT molecular complexity index is 464. The SMILES string of the molecule is c1ccc2c(c1)CCCC21CCC(N2CCCC2)CC1. The van der Waals surface area contributed by atoms with E-state index in [4.69, 9.17) is 0 Å². The van der Waals surface area contributed by atoms with Gasteiger partial charge in [-0.25, -0.2) is 0 Å². The molecule has 0 atom stereocenters. The molecule has 2 aliphatic carbocycles. The highest BCUT2D eigenvalue weighted by Crippen LogP contribution is 2.48. The summed E-state index contributed by atoms with van der Waals surface area (Å²) < 4.78 is 0. The summed E-state index contributed by atoms with van der Waals surface area (Å²) in [5.41, 5.74) is 3.91. The van der Waals surface area contributed by atoms with E-state index in [1.807, 2.05) is 0 Å². The van der Waals surface area contributed by atoms with Crippen molar-refractivity contribution in [1.29, 1.82) is 0 Å². The molecule has 1 heteroatoms. The smallest absolute Gasteiger partial charge is 0.00958 e. The number of hydrogen-bond donors (Lipinski definition) is 0. The van der Waals surface area contributed by atoms with Crippen molar-refractivity contribution in [1.82, 2.24) is 4.90 Å². The van der Waals surface area contributed by atoms with Crippen LogP contribution in [0.4, 0.5) is 0 Å². The second-order valence-electron chi connectivity index (χ2n) is 7.27. The molecule has 1 nitrogen and oxygen atoms in total. The van der Waals surface area contributed by atoms with Gasteiger partial charge in [0.2, 0.25) is 0 Å². The number of benzene rings is 1. The molecule has 2 fully saturated rings. The van der Waals surface area contributed by atoms with Gasteiger partial charge in [-0.1, -0.05) is 24.3 Å². The molecule has 0 N–H and O–H groups in total. The maximum Gasteiger partial charge on any atom is 0.00958 e. The van der Waals surface area contributed by atoms with E-state index in [1.165, 1.54) is 70.9 Å². The first-order valence-corrected chi connectivity index (χ1v) is 8.70. The molecule has 1 spiro atoms. The quantitative estimate of drug-likeness (QED) is 0.735. The van der Waals surface area contributed by atoms with E-state index >= 15 is 0 Å². The van der Waals surface area contributed by atoms with Crippen LogP contribution in [0.2, 0.25) is 0 Å². The first-order valence-electron chi connectivity index (χ1n) is 8.70. The average molecular weight is 269 g/mol. The van der Waals surface area contributed by atoms with Crippen LogP contribution < -0.4 is 0 Å². The summed E-state index contributed by atoms with van der Waals surface area (Å²) in [4.78, 5) is 2.78. The van der Waals surface area contributed by atoms with Crippen LogP contribution in [0.3, 0.4) is 0 Å². The standard InChI is InChI=1S/C19H27N/c1-2-8-18-16(6-1)7-5-11-19(18)12-9-17(10-13-19)20-14-3-4-15-20/h1-2,6,8,17H,3-5,7,9-15H2. The van der Waals surface area contributed by atoms with Crippen molar-refractivity contribution in [2.75, 3.05) is 13.1 Å². The second kappa shape index (κ2) is 5.18. The van der Waals surface area contributed by atoms with Gasteiger partial charge >= 0.3 is 0 Å². The van der Waals surface area contributed by atoms with E-state index in [9.17, 15) is 0 Å². The van der Waals surface area contributed by atoms with Gasteiger partial charge in [0.05, 0.1) is 0 Å². The minimum Gasteiger partial charge on any atom is -0.300 e. The molecule has 4 rings (SSSR count). The first kappa shape index (κ1) is 12.9. The molecule has 0 radical (unpaired) electrons. The van der Waals surface area contributed by atoms with Crippen LogP contribution >= 0.6 is 0 Å². The lowest BCUT2D eigenvalue weighted by atomic mass is 9.61. The Balaban J connectivity index is 1.53. The summed E-state index contributed by atoms with van der Waals surface area (Å²) >= 11 is 0. The summed E-state index contributed by atoms with van der Waals surface area (Å²) in [6, 6.07) is 10.2. The Morgan fingerprint density at radius 2 is 1.65 bits per heavy atom. The Kier molecular flexibility index (Phi) is 3.34. The third kappa shape index (κ3) is 2.11. The molecule has 1 saturated carbocycles. The van der Waals surface area contributed by atoms with Gasteiger partial charge in [-0.2, -0.15) is 0 Å². The van der Waals surface area contributed by atoms with Crippen LogP contribution in [0.25, 0.3) is 0 Å². The fourth-order valence-corrected chi connectivity index (χ4v) is 5.15. The zero-order valence-corrected chi connectivity index (χ0v) is 12.6. The summed E-state index contributed by atoms with van der Waals surface area (Å²) in [5.74, 6) is 0. The highest BCUT2D eigenvalue weighted by Gasteiger charge is 2.40. The third-order valence-electron chi connectivity index (χ3n) is 6.26. The van der Waals surface area contributed by atoms with Gasteiger partial charge in [-0.05, 0) is 87.4 Å². The fourth-order valence-electron chi connectivity index (χ4n) is 5.15. The van der Waals surface area contributed by atoms with E-state index in [2.05, 4.69) is 29.2 Å². The fraction of sp³-hybridized carbons (Fsp3) is 0.684. The molecular weight excluding hydrogens is 242 g/mol. The van der Waals surface area contributed by atoms with E-state index in [-0.39, 0.29) is 0 Å². The Morgan fingerprint density at radius 1 is 0.900 bits per heavy atom. The van der Waals surface area contributed by atoms with E-state index in [0.717, 1.165) is 6.04 Å². The van der Waals surface area contributed by atoms with Crippen LogP contribution in [0.1, 0.15) is 62.5 Å². The lowest BCUT2D eigenvalue weighted by molar-refractivity contribution is 0.137. The molecule has 0 amide bonds. The minimum atomic E-state index is 0.547. The molecule has 0 aromatic heterocycles. The molecule has 1 heterocycles. The number of rotatable bonds is 1. The molecule has 108 valence electrons. The molecular formula is C19H27N. The lowest BCUT2D eigenvalue weighted by Gasteiger charge is -2.46. The molecule has 1 aliphatic heterocycles. The number of nitrogens with zero attached hydrogens (tertiary/aromatic N) is 1. The second-order valence-corrected chi connectivity index (χ2v) is 7.27. The van der Waals surface area contributed by atoms with Crippen LogP contribution in [-0.4, -0.2) is 24.0 Å². The number of hydrogen-bond acceptors (Lipinski definition) is 1. The number of aryl methyl sites for hydroxylation is 1. The normalized spacial score (nSPS) is 34.3. The Morgan fingerprint density at radius 3 is 2.45 bits per heavy atom. The van der Waals surface area contributed by atoms with E-state index in [0.29, 0.717) is 5.41 Å². The molecule has 1 aromatic rings. The monoisotopic (exact) mass is 269 g/mol. The maximum absolute atomic E-state index is 2.78. The van der Waals surface area contributed by atoms with Gasteiger partial charge in [0, 0.05) is 6.04 Å². The predicted molar refractivity (Wildman–Crippen MR) is 84.1 cm³/mol. The van der Waals surface area contributed by atoms with Crippen molar-refractivity contribution in [2.45, 2.75) is 69.2 Å². The van der Waals surface area contributed by atoms with Gasteiger partial charge in [0.25, 0.3) is 0 Å². The van der Waals surface area contributed by atoms with Gasteiger partial charge in [-0.3, -0.25) is 0 Å². The average Bonchev–Trinajstić information content (AvgIpc) is 3.03. The molecule has 1 aromatic carbocycles. The first-order chi connectivity index (χ1) is 9.87. The number of fused-ring (bicyclic) bond motifs is 2. The third-order valence-corrected chi connectivity index (χ3v) is 6.26. The highest BCUT2D eigenvalue weighted by molar-refractivity contribution is 5.37. The van der Waals surface area contributed by atoms with Crippen molar-refractivity contribution < 1.29 is 0 Å². The van der Waals surface area contributed by atoms with Crippen molar-refractivity contribution in [2.24, 2.45) is 0 Å². The van der Waals surface area contributed by atoms with Crippen LogP contribution in [0, 0.1) is 0 Å². The van der Waals surface area contributed by atoms with E-state index < -0.39 is 0 Å².